The molecule has 15 heavy (non-hydrogen) atoms. The van der Waals surface area contributed by atoms with Gasteiger partial charge in [-0.15, -0.1) is 0 Å². The van der Waals surface area contributed by atoms with Crippen molar-refractivity contribution in [3.63, 3.8) is 0 Å². The van der Waals surface area contributed by atoms with Crippen molar-refractivity contribution >= 4 is 0 Å². The van der Waals surface area contributed by atoms with E-state index in [9.17, 15) is 13.2 Å². The fourth-order valence-electron chi connectivity index (χ4n) is 1.09. The molecule has 1 aromatic rings. The molecule has 0 atom stereocenters. The van der Waals surface area contributed by atoms with Crippen LogP contribution >= 0.6 is 0 Å². The Kier molecular flexibility index (Phi) is 3.73. The fraction of sp³-hybridized carbons (Fsp3) is 0.667. The Hall–Kier alpha value is -1.04. The largest absolute Gasteiger partial charge is 0.408 e. The number of aromatic nitrogens is 2. The first kappa shape index (κ1) is 12.0. The van der Waals surface area contributed by atoms with Crippen molar-refractivity contribution in [2.45, 2.75) is 39.2 Å². The van der Waals surface area contributed by atoms with E-state index in [2.05, 4.69) is 10.4 Å². The summed E-state index contributed by atoms with van der Waals surface area (Å²) in [4.78, 5) is 0. The smallest absolute Gasteiger partial charge is 0.310 e. The predicted octanol–water partition coefficient (Wildman–Crippen LogP) is 1.94. The maximum atomic E-state index is 12.0. The third-order valence-electron chi connectivity index (χ3n) is 1.74. The molecular formula is C9H14F3N3. The Balaban J connectivity index is 2.49. The van der Waals surface area contributed by atoms with Crippen molar-refractivity contribution < 1.29 is 13.2 Å². The highest BCUT2D eigenvalue weighted by molar-refractivity contribution is 5.03. The number of hydrogen-bond acceptors (Lipinski definition) is 2. The van der Waals surface area contributed by atoms with Crippen LogP contribution in [-0.2, 0) is 13.1 Å². The number of nitrogens with zero attached hydrogens (tertiary/aromatic N) is 2. The molecule has 0 saturated heterocycles. The first-order valence-corrected chi connectivity index (χ1v) is 4.68. The highest BCUT2D eigenvalue weighted by atomic mass is 19.4. The summed E-state index contributed by atoms with van der Waals surface area (Å²) >= 11 is 0. The molecule has 0 bridgehead atoms. The number of halogens is 3. The van der Waals surface area contributed by atoms with Gasteiger partial charge < -0.3 is 5.32 Å². The lowest BCUT2D eigenvalue weighted by Gasteiger charge is -2.06. The van der Waals surface area contributed by atoms with Gasteiger partial charge in [-0.3, -0.25) is 4.68 Å². The molecule has 0 fully saturated rings. The van der Waals surface area contributed by atoms with Crippen LogP contribution in [0.4, 0.5) is 13.2 Å². The van der Waals surface area contributed by atoms with Crippen LogP contribution in [0.25, 0.3) is 0 Å². The minimum Gasteiger partial charge on any atom is -0.310 e. The monoisotopic (exact) mass is 221 g/mol. The Morgan fingerprint density at radius 1 is 1.47 bits per heavy atom. The second-order valence-corrected chi connectivity index (χ2v) is 3.70. The molecule has 0 amide bonds. The van der Waals surface area contributed by atoms with Gasteiger partial charge in [0.2, 0.25) is 0 Å². The van der Waals surface area contributed by atoms with E-state index in [0.717, 1.165) is 10.2 Å². The van der Waals surface area contributed by atoms with Gasteiger partial charge in [-0.2, -0.15) is 18.3 Å². The van der Waals surface area contributed by atoms with Gasteiger partial charge >= 0.3 is 6.18 Å². The molecule has 86 valence electrons. The molecule has 1 N–H and O–H groups in total. The van der Waals surface area contributed by atoms with Crippen molar-refractivity contribution in [2.75, 3.05) is 0 Å². The van der Waals surface area contributed by atoms with E-state index in [0.29, 0.717) is 12.6 Å². The highest BCUT2D eigenvalue weighted by Crippen LogP contribution is 2.16. The zero-order valence-electron chi connectivity index (χ0n) is 8.67. The van der Waals surface area contributed by atoms with Crippen LogP contribution in [0, 0.1) is 0 Å². The van der Waals surface area contributed by atoms with Crippen molar-refractivity contribution in [3.8, 4) is 0 Å². The van der Waals surface area contributed by atoms with Gasteiger partial charge in [0.25, 0.3) is 0 Å². The normalized spacial score (nSPS) is 12.4. The summed E-state index contributed by atoms with van der Waals surface area (Å²) in [6, 6.07) is 0.302. The Labute approximate surface area is 86.3 Å². The van der Waals surface area contributed by atoms with Crippen molar-refractivity contribution in [3.05, 3.63) is 18.0 Å². The summed E-state index contributed by atoms with van der Waals surface area (Å²) < 4.78 is 36.9. The molecule has 0 aliphatic rings. The van der Waals surface area contributed by atoms with E-state index in [4.69, 9.17) is 0 Å². The molecule has 1 rings (SSSR count). The molecular weight excluding hydrogens is 207 g/mol. The molecule has 0 saturated carbocycles. The Morgan fingerprint density at radius 2 is 2.13 bits per heavy atom. The van der Waals surface area contributed by atoms with Gasteiger partial charge in [0.15, 0.2) is 0 Å². The van der Waals surface area contributed by atoms with Gasteiger partial charge in [-0.25, -0.2) is 0 Å². The van der Waals surface area contributed by atoms with Crippen LogP contribution < -0.4 is 5.32 Å². The minimum atomic E-state index is -4.21. The van der Waals surface area contributed by atoms with E-state index in [1.807, 2.05) is 13.8 Å². The first-order chi connectivity index (χ1) is 6.87. The number of hydrogen-bond donors (Lipinski definition) is 1. The second kappa shape index (κ2) is 4.65. The highest BCUT2D eigenvalue weighted by Gasteiger charge is 2.28. The van der Waals surface area contributed by atoms with Crippen LogP contribution in [0.15, 0.2) is 12.4 Å². The lowest BCUT2D eigenvalue weighted by atomic mass is 10.3. The van der Waals surface area contributed by atoms with Crippen LogP contribution in [0.1, 0.15) is 19.4 Å². The predicted molar refractivity (Wildman–Crippen MR) is 50.3 cm³/mol. The zero-order chi connectivity index (χ0) is 11.5. The zero-order valence-corrected chi connectivity index (χ0v) is 8.67. The summed E-state index contributed by atoms with van der Waals surface area (Å²) in [5, 5.41) is 6.74. The van der Waals surface area contributed by atoms with Gasteiger partial charge in [-0.1, -0.05) is 13.8 Å². The average Bonchev–Trinajstić information content (AvgIpc) is 2.45. The number of nitrogens with one attached hydrogen (secondary N) is 1. The summed E-state index contributed by atoms with van der Waals surface area (Å²) in [5.41, 5.74) is 0.757. The van der Waals surface area contributed by atoms with Gasteiger partial charge in [0.1, 0.15) is 6.54 Å². The molecule has 0 aliphatic carbocycles. The van der Waals surface area contributed by atoms with E-state index in [1.165, 1.54) is 12.4 Å². The molecule has 0 spiro atoms. The minimum absolute atomic E-state index is 0.302. The van der Waals surface area contributed by atoms with Crippen LogP contribution in [0.5, 0.6) is 0 Å². The van der Waals surface area contributed by atoms with Crippen LogP contribution in [0.2, 0.25) is 0 Å². The van der Waals surface area contributed by atoms with Gasteiger partial charge in [-0.05, 0) is 0 Å². The number of alkyl halides is 3. The first-order valence-electron chi connectivity index (χ1n) is 4.68. The lowest BCUT2D eigenvalue weighted by molar-refractivity contribution is -0.142. The fourth-order valence-corrected chi connectivity index (χ4v) is 1.09. The van der Waals surface area contributed by atoms with E-state index in [-0.39, 0.29) is 0 Å². The summed E-state index contributed by atoms with van der Waals surface area (Å²) in [6.45, 7) is 3.45. The standard InChI is InChI=1S/C9H14F3N3/c1-7(2)13-3-8-4-14-15(5-8)6-9(10,11)12/h4-5,7,13H,3,6H2,1-2H3. The third kappa shape index (κ3) is 4.83. The van der Waals surface area contributed by atoms with Crippen molar-refractivity contribution in [1.82, 2.24) is 15.1 Å². The van der Waals surface area contributed by atoms with Crippen LogP contribution in [0.3, 0.4) is 0 Å². The second-order valence-electron chi connectivity index (χ2n) is 3.70. The van der Waals surface area contributed by atoms with Gasteiger partial charge in [0, 0.05) is 24.3 Å². The molecule has 0 aliphatic heterocycles. The maximum absolute atomic E-state index is 12.0. The average molecular weight is 221 g/mol. The molecule has 6 heteroatoms. The summed E-state index contributed by atoms with van der Waals surface area (Å²) in [5.74, 6) is 0. The van der Waals surface area contributed by atoms with E-state index in [1.54, 1.807) is 0 Å². The molecule has 0 unspecified atom stereocenters. The SMILES string of the molecule is CC(C)NCc1cnn(CC(F)(F)F)c1. The molecule has 0 aromatic carbocycles. The molecule has 0 radical (unpaired) electrons. The molecule has 1 aromatic heterocycles. The van der Waals surface area contributed by atoms with E-state index >= 15 is 0 Å². The third-order valence-corrected chi connectivity index (χ3v) is 1.74. The Morgan fingerprint density at radius 3 is 2.67 bits per heavy atom. The van der Waals surface area contributed by atoms with E-state index < -0.39 is 12.7 Å². The van der Waals surface area contributed by atoms with Crippen molar-refractivity contribution in [2.24, 2.45) is 0 Å². The topological polar surface area (TPSA) is 29.9 Å². The molecule has 1 heterocycles. The van der Waals surface area contributed by atoms with Crippen molar-refractivity contribution in [1.29, 1.82) is 0 Å². The quantitative estimate of drug-likeness (QED) is 0.842. The number of rotatable bonds is 4. The van der Waals surface area contributed by atoms with Gasteiger partial charge in [0.05, 0.1) is 6.20 Å². The maximum Gasteiger partial charge on any atom is 0.408 e. The Bertz CT molecular complexity index is 304. The lowest BCUT2D eigenvalue weighted by Crippen LogP contribution is -2.21. The summed E-state index contributed by atoms with van der Waals surface area (Å²) in [6.07, 6.45) is -1.36. The van der Waals surface area contributed by atoms with Crippen LogP contribution in [-0.4, -0.2) is 22.0 Å². The summed E-state index contributed by atoms with van der Waals surface area (Å²) in [7, 11) is 0. The molecule has 3 nitrogen and oxygen atoms in total.